The van der Waals surface area contributed by atoms with E-state index in [1.807, 2.05) is 4.98 Å². The summed E-state index contributed by atoms with van der Waals surface area (Å²) >= 11 is 0. The summed E-state index contributed by atoms with van der Waals surface area (Å²) in [5, 5.41) is 9.07. The van der Waals surface area contributed by atoms with Crippen molar-refractivity contribution in [3.05, 3.63) is 22.1 Å². The Hall–Kier alpha value is -1.70. The standard InChI is InChI=1S/C7H7F3N2O3/c8-7(9,10)15-5-4(13)1-3(2-11)12-6(5)14/h1H,2,11H2,(H2,12,13,14). The molecule has 0 aliphatic carbocycles. The molecule has 0 spiro atoms. The molecule has 4 N–H and O–H groups in total. The van der Waals surface area contributed by atoms with E-state index in [4.69, 9.17) is 10.8 Å². The Morgan fingerprint density at radius 1 is 1.53 bits per heavy atom. The molecule has 15 heavy (non-hydrogen) atoms. The zero-order valence-corrected chi connectivity index (χ0v) is 7.26. The first-order chi connectivity index (χ1) is 6.83. The first-order valence-corrected chi connectivity index (χ1v) is 3.74. The number of nitrogens with one attached hydrogen (secondary N) is 1. The minimum absolute atomic E-state index is 0.104. The van der Waals surface area contributed by atoms with Gasteiger partial charge in [0.25, 0.3) is 5.56 Å². The van der Waals surface area contributed by atoms with Gasteiger partial charge in [-0.25, -0.2) is 0 Å². The third kappa shape index (κ3) is 2.88. The number of alkyl halides is 3. The van der Waals surface area contributed by atoms with Crippen LogP contribution in [0.25, 0.3) is 0 Å². The molecule has 0 radical (unpaired) electrons. The maximum absolute atomic E-state index is 11.8. The van der Waals surface area contributed by atoms with Gasteiger partial charge in [-0.1, -0.05) is 0 Å². The fourth-order valence-corrected chi connectivity index (χ4v) is 0.910. The molecule has 1 rings (SSSR count). The highest BCUT2D eigenvalue weighted by Gasteiger charge is 2.33. The maximum Gasteiger partial charge on any atom is 0.573 e. The van der Waals surface area contributed by atoms with Crippen molar-refractivity contribution in [2.24, 2.45) is 5.73 Å². The average molecular weight is 224 g/mol. The molecule has 8 heteroatoms. The number of H-pyrrole nitrogens is 1. The summed E-state index contributed by atoms with van der Waals surface area (Å²) in [4.78, 5) is 13.0. The summed E-state index contributed by atoms with van der Waals surface area (Å²) < 4.78 is 38.6. The number of aromatic amines is 1. The molecular weight excluding hydrogens is 217 g/mol. The first kappa shape index (κ1) is 11.4. The summed E-state index contributed by atoms with van der Waals surface area (Å²) in [6.07, 6.45) is -5.03. The van der Waals surface area contributed by atoms with Gasteiger partial charge in [0.2, 0.25) is 5.75 Å². The first-order valence-electron chi connectivity index (χ1n) is 3.74. The van der Waals surface area contributed by atoms with Gasteiger partial charge >= 0.3 is 6.36 Å². The number of pyridine rings is 1. The predicted octanol–water partition coefficient (Wildman–Crippen LogP) is 0.438. The zero-order chi connectivity index (χ0) is 11.6. The molecule has 1 heterocycles. The molecule has 0 atom stereocenters. The molecule has 0 saturated heterocycles. The number of halogens is 3. The highest BCUT2D eigenvalue weighted by atomic mass is 19.4. The number of rotatable bonds is 2. The van der Waals surface area contributed by atoms with Crippen molar-refractivity contribution in [2.75, 3.05) is 0 Å². The van der Waals surface area contributed by atoms with Crippen molar-refractivity contribution < 1.29 is 23.0 Å². The molecule has 0 aliphatic rings. The molecule has 0 bridgehead atoms. The second kappa shape index (κ2) is 3.81. The van der Waals surface area contributed by atoms with Gasteiger partial charge in [-0.3, -0.25) is 4.79 Å². The fraction of sp³-hybridized carbons (Fsp3) is 0.286. The van der Waals surface area contributed by atoms with Crippen LogP contribution in [-0.4, -0.2) is 16.5 Å². The lowest BCUT2D eigenvalue weighted by Crippen LogP contribution is -2.23. The molecule has 0 amide bonds. The molecule has 84 valence electrons. The molecule has 1 aromatic heterocycles. The predicted molar refractivity (Wildman–Crippen MR) is 43.3 cm³/mol. The Labute approximate surface area is 81.3 Å². The molecule has 0 aromatic carbocycles. The Morgan fingerprint density at radius 2 is 2.13 bits per heavy atom. The summed E-state index contributed by atoms with van der Waals surface area (Å²) in [5.41, 5.74) is 4.04. The summed E-state index contributed by atoms with van der Waals surface area (Å²) in [6, 6.07) is 0.891. The van der Waals surface area contributed by atoms with E-state index in [1.165, 1.54) is 0 Å². The number of hydrogen-bond donors (Lipinski definition) is 3. The quantitative estimate of drug-likeness (QED) is 0.680. The summed E-state index contributed by atoms with van der Waals surface area (Å²) in [5.74, 6) is -2.10. The minimum Gasteiger partial charge on any atom is -0.504 e. The second-order valence-electron chi connectivity index (χ2n) is 2.59. The van der Waals surface area contributed by atoms with E-state index in [0.717, 1.165) is 6.07 Å². The normalized spacial score (nSPS) is 11.5. The van der Waals surface area contributed by atoms with Crippen molar-refractivity contribution in [1.82, 2.24) is 4.98 Å². The lowest BCUT2D eigenvalue weighted by molar-refractivity contribution is -0.275. The van der Waals surface area contributed by atoms with Gasteiger partial charge in [-0.05, 0) is 0 Å². The van der Waals surface area contributed by atoms with Crippen LogP contribution in [0.3, 0.4) is 0 Å². The van der Waals surface area contributed by atoms with Crippen LogP contribution >= 0.6 is 0 Å². The Morgan fingerprint density at radius 3 is 2.53 bits per heavy atom. The third-order valence-corrected chi connectivity index (χ3v) is 1.46. The Kier molecular flexibility index (Phi) is 2.89. The van der Waals surface area contributed by atoms with Crippen LogP contribution in [0.2, 0.25) is 0 Å². The maximum atomic E-state index is 11.8. The van der Waals surface area contributed by atoms with Gasteiger partial charge in [0.15, 0.2) is 5.75 Å². The van der Waals surface area contributed by atoms with Crippen LogP contribution in [0.5, 0.6) is 11.5 Å². The minimum atomic E-state index is -5.03. The average Bonchev–Trinajstić information content (AvgIpc) is 2.09. The monoisotopic (exact) mass is 224 g/mol. The number of ether oxygens (including phenoxy) is 1. The van der Waals surface area contributed by atoms with Crippen LogP contribution in [0.4, 0.5) is 13.2 Å². The van der Waals surface area contributed by atoms with Crippen molar-refractivity contribution in [1.29, 1.82) is 0 Å². The van der Waals surface area contributed by atoms with Crippen molar-refractivity contribution >= 4 is 0 Å². The fourth-order valence-electron chi connectivity index (χ4n) is 0.910. The summed E-state index contributed by atoms with van der Waals surface area (Å²) in [6.45, 7) is -0.116. The van der Waals surface area contributed by atoms with E-state index in [9.17, 15) is 18.0 Å². The number of nitrogens with two attached hydrogens (primary N) is 1. The van der Waals surface area contributed by atoms with Crippen LogP contribution < -0.4 is 16.0 Å². The van der Waals surface area contributed by atoms with E-state index in [0.29, 0.717) is 0 Å². The van der Waals surface area contributed by atoms with E-state index < -0.39 is 23.4 Å². The molecule has 0 unspecified atom stereocenters. The van der Waals surface area contributed by atoms with E-state index in [1.54, 1.807) is 0 Å². The molecule has 0 fully saturated rings. The van der Waals surface area contributed by atoms with Crippen molar-refractivity contribution in [3.8, 4) is 11.5 Å². The van der Waals surface area contributed by atoms with Crippen LogP contribution in [0, 0.1) is 0 Å². The van der Waals surface area contributed by atoms with Crippen molar-refractivity contribution in [2.45, 2.75) is 12.9 Å². The largest absolute Gasteiger partial charge is 0.573 e. The number of hydrogen-bond acceptors (Lipinski definition) is 4. The van der Waals surface area contributed by atoms with Gasteiger partial charge in [-0.15, -0.1) is 13.2 Å². The van der Waals surface area contributed by atoms with Gasteiger partial charge in [-0.2, -0.15) is 0 Å². The topological polar surface area (TPSA) is 88.3 Å². The molecule has 0 aliphatic heterocycles. The van der Waals surface area contributed by atoms with Crippen molar-refractivity contribution in [3.63, 3.8) is 0 Å². The van der Waals surface area contributed by atoms with Gasteiger partial charge in [0, 0.05) is 18.3 Å². The Balaban J connectivity index is 3.15. The van der Waals surface area contributed by atoms with Gasteiger partial charge in [0.05, 0.1) is 0 Å². The summed E-state index contributed by atoms with van der Waals surface area (Å²) in [7, 11) is 0. The molecule has 1 aromatic rings. The SMILES string of the molecule is NCc1cc(O)c(OC(F)(F)F)c(=O)[nH]1. The Bertz CT molecular complexity index is 413. The number of aromatic hydroxyl groups is 1. The molecular formula is C7H7F3N2O3. The van der Waals surface area contributed by atoms with Crippen LogP contribution in [0.15, 0.2) is 10.9 Å². The smallest absolute Gasteiger partial charge is 0.504 e. The second-order valence-corrected chi connectivity index (χ2v) is 2.59. The van der Waals surface area contributed by atoms with Crippen LogP contribution in [-0.2, 0) is 6.54 Å². The molecule has 0 saturated carbocycles. The van der Waals surface area contributed by atoms with E-state index >= 15 is 0 Å². The van der Waals surface area contributed by atoms with Gasteiger partial charge in [0.1, 0.15) is 0 Å². The highest BCUT2D eigenvalue weighted by molar-refractivity contribution is 5.37. The third-order valence-electron chi connectivity index (χ3n) is 1.46. The number of aromatic nitrogens is 1. The van der Waals surface area contributed by atoms with Crippen LogP contribution in [0.1, 0.15) is 5.69 Å². The molecule has 5 nitrogen and oxygen atoms in total. The lowest BCUT2D eigenvalue weighted by atomic mass is 10.3. The van der Waals surface area contributed by atoms with Gasteiger partial charge < -0.3 is 20.6 Å². The van der Waals surface area contributed by atoms with E-state index in [2.05, 4.69) is 4.74 Å². The lowest BCUT2D eigenvalue weighted by Gasteiger charge is -2.09. The zero-order valence-electron chi connectivity index (χ0n) is 7.26. The highest BCUT2D eigenvalue weighted by Crippen LogP contribution is 2.27. The van der Waals surface area contributed by atoms with E-state index in [-0.39, 0.29) is 12.2 Å².